The zero-order valence-corrected chi connectivity index (χ0v) is 10.9. The van der Waals surface area contributed by atoms with E-state index in [-0.39, 0.29) is 11.3 Å². The van der Waals surface area contributed by atoms with Gasteiger partial charge in [-0.25, -0.2) is 8.78 Å². The van der Waals surface area contributed by atoms with Crippen LogP contribution in [0, 0.1) is 23.0 Å². The van der Waals surface area contributed by atoms with E-state index in [9.17, 15) is 8.78 Å². The average molecular weight is 268 g/mol. The van der Waals surface area contributed by atoms with Crippen molar-refractivity contribution in [3.8, 4) is 6.07 Å². The van der Waals surface area contributed by atoms with Gasteiger partial charge in [-0.05, 0) is 26.0 Å². The molecule has 6 heteroatoms. The molecule has 0 spiro atoms. The molecule has 0 aliphatic heterocycles. The molecule has 0 saturated carbocycles. The number of methoxy groups -OCH3 is 1. The predicted octanol–water partition coefficient (Wildman–Crippen LogP) is 2.79. The first-order valence-corrected chi connectivity index (χ1v) is 5.51. The van der Waals surface area contributed by atoms with E-state index in [4.69, 9.17) is 14.8 Å². The minimum absolute atomic E-state index is 0.0215. The summed E-state index contributed by atoms with van der Waals surface area (Å²) in [6.07, 6.45) is 0. The zero-order valence-electron chi connectivity index (χ0n) is 10.9. The third kappa shape index (κ3) is 3.73. The van der Waals surface area contributed by atoms with Crippen molar-refractivity contribution in [1.82, 2.24) is 0 Å². The summed E-state index contributed by atoms with van der Waals surface area (Å²) in [4.78, 5) is 4.83. The normalized spacial score (nSPS) is 12.1. The lowest BCUT2D eigenvalue weighted by Crippen LogP contribution is -2.33. The van der Waals surface area contributed by atoms with Crippen molar-refractivity contribution < 1.29 is 18.4 Å². The standard InChI is InChI=1S/C13H14F2N2O2/c1-13(2,18-3)12(7-16)17-19-8-9-10(14)5-4-6-11(9)15/h4-6H,8H2,1-3H3. The number of benzene rings is 1. The molecule has 0 radical (unpaired) electrons. The van der Waals surface area contributed by atoms with Gasteiger partial charge in [0.25, 0.3) is 0 Å². The summed E-state index contributed by atoms with van der Waals surface area (Å²) in [5.74, 6) is -1.44. The first kappa shape index (κ1) is 15.1. The Morgan fingerprint density at radius 1 is 1.37 bits per heavy atom. The van der Waals surface area contributed by atoms with Gasteiger partial charge in [-0.3, -0.25) is 0 Å². The number of nitrogens with zero attached hydrogens (tertiary/aromatic N) is 2. The molecule has 0 fully saturated rings. The second-order valence-electron chi connectivity index (χ2n) is 4.24. The fourth-order valence-electron chi connectivity index (χ4n) is 1.19. The van der Waals surface area contributed by atoms with Gasteiger partial charge in [0, 0.05) is 7.11 Å². The Bertz CT molecular complexity index is 502. The first-order valence-electron chi connectivity index (χ1n) is 5.51. The highest BCUT2D eigenvalue weighted by molar-refractivity contribution is 6.04. The molecule has 0 atom stereocenters. The van der Waals surface area contributed by atoms with Crippen molar-refractivity contribution in [2.24, 2.45) is 5.16 Å². The van der Waals surface area contributed by atoms with E-state index in [1.165, 1.54) is 13.2 Å². The molecule has 1 aromatic rings. The smallest absolute Gasteiger partial charge is 0.188 e. The Morgan fingerprint density at radius 2 is 1.95 bits per heavy atom. The molecule has 19 heavy (non-hydrogen) atoms. The molecule has 0 unspecified atom stereocenters. The maximum atomic E-state index is 13.3. The Labute approximate surface area is 110 Å². The number of ether oxygens (including phenoxy) is 1. The topological polar surface area (TPSA) is 54.6 Å². The van der Waals surface area contributed by atoms with Crippen LogP contribution >= 0.6 is 0 Å². The van der Waals surface area contributed by atoms with Crippen LogP contribution in [0.3, 0.4) is 0 Å². The summed E-state index contributed by atoms with van der Waals surface area (Å²) in [6.45, 7) is 2.85. The van der Waals surface area contributed by atoms with Crippen molar-refractivity contribution in [2.75, 3.05) is 7.11 Å². The van der Waals surface area contributed by atoms with E-state index in [0.717, 1.165) is 12.1 Å². The largest absolute Gasteiger partial charge is 0.390 e. The highest BCUT2D eigenvalue weighted by atomic mass is 19.1. The van der Waals surface area contributed by atoms with Crippen molar-refractivity contribution in [3.05, 3.63) is 35.4 Å². The van der Waals surface area contributed by atoms with Gasteiger partial charge in [-0.1, -0.05) is 11.2 Å². The second kappa shape index (κ2) is 6.25. The van der Waals surface area contributed by atoms with Gasteiger partial charge < -0.3 is 9.57 Å². The number of nitriles is 1. The van der Waals surface area contributed by atoms with Gasteiger partial charge >= 0.3 is 0 Å². The monoisotopic (exact) mass is 268 g/mol. The highest BCUT2D eigenvalue weighted by Gasteiger charge is 2.25. The van der Waals surface area contributed by atoms with Gasteiger partial charge in [0.1, 0.15) is 29.9 Å². The fraction of sp³-hybridized carbons (Fsp3) is 0.385. The molecule has 0 aromatic heterocycles. The SMILES string of the molecule is COC(C)(C)C(C#N)=NOCc1c(F)cccc1F. The third-order valence-electron chi connectivity index (χ3n) is 2.61. The van der Waals surface area contributed by atoms with Gasteiger partial charge in [0.05, 0.1) is 5.56 Å². The highest BCUT2D eigenvalue weighted by Crippen LogP contribution is 2.14. The lowest BCUT2D eigenvalue weighted by molar-refractivity contribution is 0.0716. The molecule has 102 valence electrons. The number of hydrogen-bond donors (Lipinski definition) is 0. The predicted molar refractivity (Wildman–Crippen MR) is 65.3 cm³/mol. The van der Waals surface area contributed by atoms with Crippen LogP contribution in [0.4, 0.5) is 8.78 Å². The van der Waals surface area contributed by atoms with Gasteiger partial charge in [-0.2, -0.15) is 5.26 Å². The summed E-state index contributed by atoms with van der Waals surface area (Å²) >= 11 is 0. The number of oxime groups is 1. The zero-order chi connectivity index (χ0) is 14.5. The van der Waals surface area contributed by atoms with Gasteiger partial charge in [-0.15, -0.1) is 0 Å². The van der Waals surface area contributed by atoms with E-state index < -0.39 is 23.8 Å². The van der Waals surface area contributed by atoms with Gasteiger partial charge in [0.15, 0.2) is 5.71 Å². The summed E-state index contributed by atoms with van der Waals surface area (Å²) in [7, 11) is 1.42. The summed E-state index contributed by atoms with van der Waals surface area (Å²) < 4.78 is 31.7. The lowest BCUT2D eigenvalue weighted by atomic mass is 10.0. The van der Waals surface area contributed by atoms with Crippen LogP contribution in [-0.2, 0) is 16.2 Å². The quantitative estimate of drug-likeness (QED) is 0.609. The molecule has 0 N–H and O–H groups in total. The maximum Gasteiger partial charge on any atom is 0.188 e. The van der Waals surface area contributed by atoms with Gasteiger partial charge in [0.2, 0.25) is 0 Å². The van der Waals surface area contributed by atoms with E-state index in [1.54, 1.807) is 13.8 Å². The van der Waals surface area contributed by atoms with E-state index in [1.807, 2.05) is 6.07 Å². The summed E-state index contributed by atoms with van der Waals surface area (Å²) in [5.41, 5.74) is -1.19. The number of hydrogen-bond acceptors (Lipinski definition) is 4. The summed E-state index contributed by atoms with van der Waals surface area (Å²) in [6, 6.07) is 5.32. The van der Waals surface area contributed by atoms with E-state index in [0.29, 0.717) is 0 Å². The Balaban J connectivity index is 2.80. The van der Waals surface area contributed by atoms with E-state index >= 15 is 0 Å². The molecule has 4 nitrogen and oxygen atoms in total. The lowest BCUT2D eigenvalue weighted by Gasteiger charge is -2.19. The minimum atomic E-state index is -0.928. The molecule has 0 aliphatic rings. The van der Waals surface area contributed by atoms with Crippen molar-refractivity contribution in [3.63, 3.8) is 0 Å². The molecule has 1 aromatic carbocycles. The van der Waals surface area contributed by atoms with Crippen molar-refractivity contribution >= 4 is 5.71 Å². The molecule has 0 amide bonds. The van der Waals surface area contributed by atoms with Crippen LogP contribution in [0.15, 0.2) is 23.4 Å². The second-order valence-corrected chi connectivity index (χ2v) is 4.24. The van der Waals surface area contributed by atoms with Crippen molar-refractivity contribution in [1.29, 1.82) is 5.26 Å². The van der Waals surface area contributed by atoms with E-state index in [2.05, 4.69) is 5.16 Å². The molecule has 0 aliphatic carbocycles. The Morgan fingerprint density at radius 3 is 2.42 bits per heavy atom. The number of halogens is 2. The van der Waals surface area contributed by atoms with Crippen LogP contribution in [0.25, 0.3) is 0 Å². The molecular formula is C13H14F2N2O2. The molecular weight excluding hydrogens is 254 g/mol. The Kier molecular flexibility index (Phi) is 4.95. The van der Waals surface area contributed by atoms with Crippen LogP contribution in [0.2, 0.25) is 0 Å². The maximum absolute atomic E-state index is 13.3. The minimum Gasteiger partial charge on any atom is -0.390 e. The van der Waals surface area contributed by atoms with Crippen LogP contribution in [0.1, 0.15) is 19.4 Å². The van der Waals surface area contributed by atoms with Crippen LogP contribution in [-0.4, -0.2) is 18.4 Å². The molecule has 0 bridgehead atoms. The molecule has 0 heterocycles. The van der Waals surface area contributed by atoms with Crippen LogP contribution in [0.5, 0.6) is 0 Å². The third-order valence-corrected chi connectivity index (χ3v) is 2.61. The summed E-state index contributed by atoms with van der Waals surface area (Å²) in [5, 5.41) is 12.5. The average Bonchev–Trinajstić information content (AvgIpc) is 2.37. The van der Waals surface area contributed by atoms with Crippen molar-refractivity contribution in [2.45, 2.75) is 26.1 Å². The molecule has 1 rings (SSSR count). The van der Waals surface area contributed by atoms with Crippen LogP contribution < -0.4 is 0 Å². The Hall–Kier alpha value is -2.00. The first-order chi connectivity index (χ1) is 8.92. The fourth-order valence-corrected chi connectivity index (χ4v) is 1.19. The number of rotatable bonds is 5. The molecule has 0 saturated heterocycles.